The maximum atomic E-state index is 6.09. The Balaban J connectivity index is 2.26. The molecule has 0 spiro atoms. The minimum atomic E-state index is 0.155. The summed E-state index contributed by atoms with van der Waals surface area (Å²) < 4.78 is 11.2. The van der Waals surface area contributed by atoms with Gasteiger partial charge in [0.2, 0.25) is 5.88 Å². The van der Waals surface area contributed by atoms with Crippen molar-refractivity contribution >= 4 is 27.5 Å². The third kappa shape index (κ3) is 3.34. The summed E-state index contributed by atoms with van der Waals surface area (Å²) >= 11 is 9.35. The number of halogens is 2. The number of hydrogen-bond acceptors (Lipinski definition) is 5. The number of ether oxygens (including phenoxy) is 2. The number of nitrogens with zero attached hydrogens (tertiary/aromatic N) is 2. The molecule has 7 heteroatoms. The summed E-state index contributed by atoms with van der Waals surface area (Å²) in [5.41, 5.74) is 6.45. The molecule has 1 aromatic carbocycles. The third-order valence-corrected chi connectivity index (χ3v) is 3.16. The van der Waals surface area contributed by atoms with Crippen LogP contribution in [0.5, 0.6) is 17.6 Å². The second-order valence-corrected chi connectivity index (χ2v) is 4.84. The normalized spacial score (nSPS) is 10.3. The topological polar surface area (TPSA) is 70.3 Å². The lowest BCUT2D eigenvalue weighted by atomic mass is 10.2. The first-order valence-corrected chi connectivity index (χ1v) is 6.54. The SMILES string of the molecule is COc1nc(Oc2ccc(CN)cc2Cl)ncc1Br. The zero-order valence-corrected chi connectivity index (χ0v) is 12.4. The van der Waals surface area contributed by atoms with Gasteiger partial charge in [-0.2, -0.15) is 4.98 Å². The van der Waals surface area contributed by atoms with Crippen LogP contribution in [0.15, 0.2) is 28.9 Å². The van der Waals surface area contributed by atoms with Crippen LogP contribution in [-0.2, 0) is 6.54 Å². The van der Waals surface area contributed by atoms with E-state index < -0.39 is 0 Å². The van der Waals surface area contributed by atoms with Gasteiger partial charge < -0.3 is 15.2 Å². The number of methoxy groups -OCH3 is 1. The van der Waals surface area contributed by atoms with Crippen molar-refractivity contribution in [2.45, 2.75) is 6.54 Å². The predicted molar refractivity (Wildman–Crippen MR) is 75.7 cm³/mol. The molecule has 0 aliphatic carbocycles. The lowest BCUT2D eigenvalue weighted by molar-refractivity contribution is 0.373. The van der Waals surface area contributed by atoms with Crippen LogP contribution in [0.3, 0.4) is 0 Å². The fourth-order valence-electron chi connectivity index (χ4n) is 1.38. The molecule has 0 unspecified atom stereocenters. The molecule has 0 radical (unpaired) electrons. The van der Waals surface area contributed by atoms with Crippen molar-refractivity contribution in [3.05, 3.63) is 39.5 Å². The van der Waals surface area contributed by atoms with Crippen molar-refractivity contribution in [1.29, 1.82) is 0 Å². The van der Waals surface area contributed by atoms with E-state index in [2.05, 4.69) is 25.9 Å². The third-order valence-electron chi connectivity index (χ3n) is 2.32. The van der Waals surface area contributed by atoms with E-state index in [0.717, 1.165) is 5.56 Å². The smallest absolute Gasteiger partial charge is 0.325 e. The molecule has 2 N–H and O–H groups in total. The van der Waals surface area contributed by atoms with Crippen LogP contribution in [0.25, 0.3) is 0 Å². The second-order valence-electron chi connectivity index (χ2n) is 3.58. The van der Waals surface area contributed by atoms with Gasteiger partial charge in [-0.1, -0.05) is 17.7 Å². The summed E-state index contributed by atoms with van der Waals surface area (Å²) in [6, 6.07) is 5.45. The van der Waals surface area contributed by atoms with Crippen LogP contribution in [0.1, 0.15) is 5.56 Å². The van der Waals surface area contributed by atoms with E-state index in [4.69, 9.17) is 26.8 Å². The van der Waals surface area contributed by atoms with E-state index in [9.17, 15) is 0 Å². The quantitative estimate of drug-likeness (QED) is 0.922. The first kappa shape index (κ1) is 14.0. The van der Waals surface area contributed by atoms with Crippen LogP contribution < -0.4 is 15.2 Å². The molecule has 0 saturated heterocycles. The van der Waals surface area contributed by atoms with Crippen molar-refractivity contribution < 1.29 is 9.47 Å². The van der Waals surface area contributed by atoms with E-state index in [1.54, 1.807) is 18.3 Å². The van der Waals surface area contributed by atoms with Gasteiger partial charge in [0.15, 0.2) is 0 Å². The second kappa shape index (κ2) is 6.18. The molecular formula is C12H11BrClN3O2. The van der Waals surface area contributed by atoms with Crippen molar-refractivity contribution in [3.8, 4) is 17.6 Å². The maximum Gasteiger partial charge on any atom is 0.325 e. The van der Waals surface area contributed by atoms with Gasteiger partial charge in [-0.05, 0) is 33.6 Å². The molecule has 0 aliphatic heterocycles. The first-order valence-electron chi connectivity index (χ1n) is 5.37. The maximum absolute atomic E-state index is 6.09. The summed E-state index contributed by atoms with van der Waals surface area (Å²) in [6.07, 6.45) is 1.54. The fraction of sp³-hybridized carbons (Fsp3) is 0.167. The lowest BCUT2D eigenvalue weighted by Gasteiger charge is -2.08. The van der Waals surface area contributed by atoms with E-state index in [0.29, 0.717) is 27.7 Å². The van der Waals surface area contributed by atoms with Gasteiger partial charge >= 0.3 is 6.01 Å². The minimum Gasteiger partial charge on any atom is -0.480 e. The van der Waals surface area contributed by atoms with Gasteiger partial charge in [-0.15, -0.1) is 0 Å². The van der Waals surface area contributed by atoms with Crippen LogP contribution in [0.2, 0.25) is 5.02 Å². The molecule has 19 heavy (non-hydrogen) atoms. The van der Waals surface area contributed by atoms with Crippen molar-refractivity contribution in [2.75, 3.05) is 7.11 Å². The average molecular weight is 345 g/mol. The van der Waals surface area contributed by atoms with Gasteiger partial charge in [0.05, 0.1) is 22.8 Å². The zero-order valence-electron chi connectivity index (χ0n) is 10.1. The molecule has 0 saturated carbocycles. The van der Waals surface area contributed by atoms with Crippen LogP contribution in [0, 0.1) is 0 Å². The molecule has 0 aliphatic rings. The van der Waals surface area contributed by atoms with Gasteiger partial charge in [0.25, 0.3) is 0 Å². The highest BCUT2D eigenvalue weighted by Crippen LogP contribution is 2.30. The Morgan fingerprint density at radius 3 is 2.84 bits per heavy atom. The monoisotopic (exact) mass is 343 g/mol. The number of aromatic nitrogens is 2. The Kier molecular flexibility index (Phi) is 4.57. The molecule has 1 heterocycles. The summed E-state index contributed by atoms with van der Waals surface area (Å²) in [7, 11) is 1.51. The number of benzene rings is 1. The number of hydrogen-bond donors (Lipinski definition) is 1. The Bertz CT molecular complexity index is 595. The van der Waals surface area contributed by atoms with E-state index in [1.165, 1.54) is 7.11 Å². The minimum absolute atomic E-state index is 0.155. The van der Waals surface area contributed by atoms with E-state index in [1.807, 2.05) is 6.07 Å². The molecular weight excluding hydrogens is 334 g/mol. The molecule has 0 fully saturated rings. The predicted octanol–water partition coefficient (Wildman–Crippen LogP) is 3.15. The molecule has 100 valence electrons. The van der Waals surface area contributed by atoms with Gasteiger partial charge in [0, 0.05) is 6.54 Å². The standard InChI is InChI=1S/C12H11BrClN3O2/c1-18-11-8(13)6-16-12(17-11)19-10-3-2-7(5-15)4-9(10)14/h2-4,6H,5,15H2,1H3. The van der Waals surface area contributed by atoms with Crippen molar-refractivity contribution in [3.63, 3.8) is 0 Å². The molecule has 0 bridgehead atoms. The summed E-state index contributed by atoms with van der Waals surface area (Å²) in [5.74, 6) is 0.850. The van der Waals surface area contributed by atoms with Gasteiger partial charge in [0.1, 0.15) is 5.75 Å². The fourth-order valence-corrected chi connectivity index (χ4v) is 1.98. The largest absolute Gasteiger partial charge is 0.480 e. The zero-order chi connectivity index (χ0) is 13.8. The Hall–Kier alpha value is -1.37. The number of nitrogens with two attached hydrogens (primary N) is 1. The molecule has 0 atom stereocenters. The Morgan fingerprint density at radius 2 is 2.21 bits per heavy atom. The number of rotatable bonds is 4. The highest BCUT2D eigenvalue weighted by atomic mass is 79.9. The molecule has 1 aromatic heterocycles. The molecule has 2 aromatic rings. The Labute approximate surface area is 123 Å². The summed E-state index contributed by atoms with van der Waals surface area (Å²) in [4.78, 5) is 8.11. The van der Waals surface area contributed by atoms with Crippen molar-refractivity contribution in [1.82, 2.24) is 9.97 Å². The van der Waals surface area contributed by atoms with Gasteiger partial charge in [-0.25, -0.2) is 4.98 Å². The highest BCUT2D eigenvalue weighted by molar-refractivity contribution is 9.10. The molecule has 5 nitrogen and oxygen atoms in total. The van der Waals surface area contributed by atoms with Crippen molar-refractivity contribution in [2.24, 2.45) is 5.73 Å². The summed E-state index contributed by atoms with van der Waals surface area (Å²) in [5, 5.41) is 0.452. The Morgan fingerprint density at radius 1 is 1.42 bits per heavy atom. The van der Waals surface area contributed by atoms with E-state index in [-0.39, 0.29) is 6.01 Å². The van der Waals surface area contributed by atoms with Gasteiger partial charge in [-0.3, -0.25) is 0 Å². The van der Waals surface area contributed by atoms with E-state index >= 15 is 0 Å². The first-order chi connectivity index (χ1) is 9.13. The van der Waals surface area contributed by atoms with Crippen LogP contribution in [-0.4, -0.2) is 17.1 Å². The lowest BCUT2D eigenvalue weighted by Crippen LogP contribution is -1.98. The molecule has 2 rings (SSSR count). The molecule has 0 amide bonds. The van der Waals surface area contributed by atoms with Crippen LogP contribution >= 0.6 is 27.5 Å². The highest BCUT2D eigenvalue weighted by Gasteiger charge is 2.09. The average Bonchev–Trinajstić information content (AvgIpc) is 2.43. The summed E-state index contributed by atoms with van der Waals surface area (Å²) in [6.45, 7) is 0.419. The van der Waals surface area contributed by atoms with Crippen LogP contribution in [0.4, 0.5) is 0 Å².